The predicted molar refractivity (Wildman–Crippen MR) is 83.6 cm³/mol. The summed E-state index contributed by atoms with van der Waals surface area (Å²) in [5.74, 6) is -0.807. The van der Waals surface area contributed by atoms with Crippen molar-refractivity contribution in [2.75, 3.05) is 16.8 Å². The largest absolute Gasteiger partial charge is 0.328 e. The SMILES string of the molecule is Cc1cnc(NC(=O)[C@H]2CC(=O)N(c3ccc(F)c(C)c3)C2)[nH]1. The molecule has 1 aliphatic rings. The molecule has 1 aromatic heterocycles. The van der Waals surface area contributed by atoms with Crippen LogP contribution in [0.2, 0.25) is 0 Å². The van der Waals surface area contributed by atoms with Gasteiger partial charge in [0.25, 0.3) is 0 Å². The Hall–Kier alpha value is -2.70. The molecule has 2 N–H and O–H groups in total. The lowest BCUT2D eigenvalue weighted by molar-refractivity contribution is -0.122. The molecule has 1 atom stereocenters. The molecular formula is C16H17FN4O2. The van der Waals surface area contributed by atoms with Gasteiger partial charge in [-0.3, -0.25) is 14.9 Å². The van der Waals surface area contributed by atoms with Crippen molar-refractivity contribution in [3.8, 4) is 0 Å². The van der Waals surface area contributed by atoms with Crippen molar-refractivity contribution >= 4 is 23.5 Å². The Labute approximate surface area is 132 Å². The number of aromatic amines is 1. The van der Waals surface area contributed by atoms with Gasteiger partial charge in [-0.05, 0) is 37.6 Å². The van der Waals surface area contributed by atoms with Gasteiger partial charge in [-0.2, -0.15) is 0 Å². The second kappa shape index (κ2) is 5.83. The number of hydrogen-bond donors (Lipinski definition) is 2. The Morgan fingerprint density at radius 2 is 2.22 bits per heavy atom. The van der Waals surface area contributed by atoms with E-state index in [-0.39, 0.29) is 30.6 Å². The summed E-state index contributed by atoms with van der Waals surface area (Å²) >= 11 is 0. The summed E-state index contributed by atoms with van der Waals surface area (Å²) in [4.78, 5) is 32.9. The zero-order chi connectivity index (χ0) is 16.6. The number of nitrogens with zero attached hydrogens (tertiary/aromatic N) is 2. The molecule has 0 aliphatic carbocycles. The molecule has 1 aromatic carbocycles. The minimum Gasteiger partial charge on any atom is -0.328 e. The maximum atomic E-state index is 13.4. The predicted octanol–water partition coefficient (Wildman–Crippen LogP) is 2.16. The van der Waals surface area contributed by atoms with E-state index in [1.54, 1.807) is 25.3 Å². The zero-order valence-corrected chi connectivity index (χ0v) is 12.9. The van der Waals surface area contributed by atoms with Gasteiger partial charge in [0, 0.05) is 30.5 Å². The fraction of sp³-hybridized carbons (Fsp3) is 0.312. The van der Waals surface area contributed by atoms with E-state index >= 15 is 0 Å². The summed E-state index contributed by atoms with van der Waals surface area (Å²) in [6.07, 6.45) is 1.74. The highest BCUT2D eigenvalue weighted by molar-refractivity contribution is 6.03. The van der Waals surface area contributed by atoms with Gasteiger partial charge in [-0.25, -0.2) is 9.37 Å². The summed E-state index contributed by atoms with van der Waals surface area (Å²) in [5.41, 5.74) is 1.92. The van der Waals surface area contributed by atoms with Crippen LogP contribution in [-0.4, -0.2) is 28.3 Å². The maximum absolute atomic E-state index is 13.4. The molecule has 23 heavy (non-hydrogen) atoms. The van der Waals surface area contributed by atoms with Crippen LogP contribution in [0.3, 0.4) is 0 Å². The lowest BCUT2D eigenvalue weighted by Gasteiger charge is -2.17. The van der Waals surface area contributed by atoms with Crippen LogP contribution in [0.4, 0.5) is 16.0 Å². The standard InChI is InChI=1S/C16H17FN4O2/c1-9-5-12(3-4-13(9)17)21-8-11(6-14(21)22)15(23)20-16-18-7-10(2)19-16/h3-5,7,11H,6,8H2,1-2H3,(H2,18,19,20,23)/t11-/m0/s1. The number of amides is 2. The van der Waals surface area contributed by atoms with Gasteiger partial charge in [0.1, 0.15) is 5.82 Å². The lowest BCUT2D eigenvalue weighted by atomic mass is 10.1. The molecule has 120 valence electrons. The average Bonchev–Trinajstić information content (AvgIpc) is 3.08. The molecule has 2 amide bonds. The zero-order valence-electron chi connectivity index (χ0n) is 12.9. The van der Waals surface area contributed by atoms with Crippen molar-refractivity contribution in [2.45, 2.75) is 20.3 Å². The molecule has 6 nitrogen and oxygen atoms in total. The number of H-pyrrole nitrogens is 1. The number of aryl methyl sites for hydroxylation is 2. The molecule has 2 heterocycles. The van der Waals surface area contributed by atoms with Crippen LogP contribution < -0.4 is 10.2 Å². The number of hydrogen-bond acceptors (Lipinski definition) is 3. The molecule has 7 heteroatoms. The van der Waals surface area contributed by atoms with E-state index in [9.17, 15) is 14.0 Å². The smallest absolute Gasteiger partial charge is 0.232 e. The molecule has 2 aromatic rings. The Morgan fingerprint density at radius 1 is 1.43 bits per heavy atom. The van der Waals surface area contributed by atoms with Crippen LogP contribution in [0, 0.1) is 25.6 Å². The molecule has 0 spiro atoms. The van der Waals surface area contributed by atoms with Gasteiger partial charge in [0.15, 0.2) is 0 Å². The van der Waals surface area contributed by atoms with E-state index in [4.69, 9.17) is 0 Å². The Bertz CT molecular complexity index is 771. The topological polar surface area (TPSA) is 78.1 Å². The van der Waals surface area contributed by atoms with E-state index < -0.39 is 5.92 Å². The van der Waals surface area contributed by atoms with E-state index in [1.165, 1.54) is 11.0 Å². The van der Waals surface area contributed by atoms with Gasteiger partial charge < -0.3 is 9.88 Å². The highest BCUT2D eigenvalue weighted by Gasteiger charge is 2.35. The van der Waals surface area contributed by atoms with Crippen LogP contribution in [0.25, 0.3) is 0 Å². The summed E-state index contributed by atoms with van der Waals surface area (Å²) < 4.78 is 13.4. The van der Waals surface area contributed by atoms with E-state index in [0.717, 1.165) is 5.69 Å². The summed E-state index contributed by atoms with van der Waals surface area (Å²) in [6.45, 7) is 3.75. The van der Waals surface area contributed by atoms with Gasteiger partial charge in [0.2, 0.25) is 17.8 Å². The van der Waals surface area contributed by atoms with Crippen LogP contribution in [0.15, 0.2) is 24.4 Å². The minimum absolute atomic E-state index is 0.127. The summed E-state index contributed by atoms with van der Waals surface area (Å²) in [5, 5.41) is 2.67. The number of carbonyl (C=O) groups is 2. The molecule has 0 unspecified atom stereocenters. The first-order valence-corrected chi connectivity index (χ1v) is 7.33. The highest BCUT2D eigenvalue weighted by atomic mass is 19.1. The molecule has 1 saturated heterocycles. The average molecular weight is 316 g/mol. The molecular weight excluding hydrogens is 299 g/mol. The van der Waals surface area contributed by atoms with Gasteiger partial charge in [-0.15, -0.1) is 0 Å². The first kappa shape index (κ1) is 15.2. The Kier molecular flexibility index (Phi) is 3.85. The van der Waals surface area contributed by atoms with Gasteiger partial charge in [-0.1, -0.05) is 0 Å². The number of carbonyl (C=O) groups excluding carboxylic acids is 2. The number of benzene rings is 1. The fourth-order valence-electron chi connectivity index (χ4n) is 2.62. The lowest BCUT2D eigenvalue weighted by Crippen LogP contribution is -2.28. The van der Waals surface area contributed by atoms with Crippen molar-refractivity contribution in [1.29, 1.82) is 0 Å². The molecule has 3 rings (SSSR count). The molecule has 0 bridgehead atoms. The third-order valence-electron chi connectivity index (χ3n) is 3.89. The quantitative estimate of drug-likeness (QED) is 0.911. The second-order valence-electron chi connectivity index (χ2n) is 5.74. The monoisotopic (exact) mass is 316 g/mol. The van der Waals surface area contributed by atoms with Crippen LogP contribution in [0.1, 0.15) is 17.7 Å². The summed E-state index contributed by atoms with van der Waals surface area (Å²) in [6, 6.07) is 4.50. The molecule has 0 saturated carbocycles. The van der Waals surface area contributed by atoms with Crippen molar-refractivity contribution in [1.82, 2.24) is 9.97 Å². The van der Waals surface area contributed by atoms with Gasteiger partial charge >= 0.3 is 0 Å². The number of nitrogens with one attached hydrogen (secondary N) is 2. The number of rotatable bonds is 3. The van der Waals surface area contributed by atoms with Crippen molar-refractivity contribution < 1.29 is 14.0 Å². The second-order valence-corrected chi connectivity index (χ2v) is 5.74. The molecule has 0 radical (unpaired) electrons. The first-order valence-electron chi connectivity index (χ1n) is 7.33. The van der Waals surface area contributed by atoms with Crippen molar-refractivity contribution in [2.24, 2.45) is 5.92 Å². The van der Waals surface area contributed by atoms with Crippen LogP contribution in [-0.2, 0) is 9.59 Å². The molecule has 1 fully saturated rings. The van der Waals surface area contributed by atoms with E-state index in [0.29, 0.717) is 17.2 Å². The normalized spacial score (nSPS) is 17.6. The van der Waals surface area contributed by atoms with E-state index in [1.807, 2.05) is 6.92 Å². The first-order chi connectivity index (χ1) is 10.9. The number of aromatic nitrogens is 2. The Balaban J connectivity index is 1.71. The third kappa shape index (κ3) is 3.08. The fourth-order valence-corrected chi connectivity index (χ4v) is 2.62. The minimum atomic E-state index is -0.460. The van der Waals surface area contributed by atoms with Crippen LogP contribution in [0.5, 0.6) is 0 Å². The number of imidazole rings is 1. The molecule has 1 aliphatic heterocycles. The van der Waals surface area contributed by atoms with Crippen molar-refractivity contribution in [3.05, 3.63) is 41.5 Å². The number of anilines is 2. The van der Waals surface area contributed by atoms with E-state index in [2.05, 4.69) is 15.3 Å². The third-order valence-corrected chi connectivity index (χ3v) is 3.89. The highest BCUT2D eigenvalue weighted by Crippen LogP contribution is 2.27. The van der Waals surface area contributed by atoms with Crippen LogP contribution >= 0.6 is 0 Å². The van der Waals surface area contributed by atoms with Gasteiger partial charge in [0.05, 0.1) is 5.92 Å². The Morgan fingerprint density at radius 3 is 2.87 bits per heavy atom. The maximum Gasteiger partial charge on any atom is 0.232 e. The van der Waals surface area contributed by atoms with Crippen molar-refractivity contribution in [3.63, 3.8) is 0 Å². The summed E-state index contributed by atoms with van der Waals surface area (Å²) in [7, 11) is 0. The number of halogens is 1.